The van der Waals surface area contributed by atoms with E-state index < -0.39 is 9.73 Å². The summed E-state index contributed by atoms with van der Waals surface area (Å²) in [6.07, 6.45) is 3.82. The number of anilines is 2. The highest BCUT2D eigenvalue weighted by molar-refractivity contribution is 7.93. The van der Waals surface area contributed by atoms with Crippen molar-refractivity contribution in [2.24, 2.45) is 0 Å². The second-order valence-corrected chi connectivity index (χ2v) is 13.2. The van der Waals surface area contributed by atoms with Crippen LogP contribution in [0.1, 0.15) is 78.3 Å². The van der Waals surface area contributed by atoms with Crippen molar-refractivity contribution in [2.45, 2.75) is 100 Å². The Morgan fingerprint density at radius 2 is 1.85 bits per heavy atom. The smallest absolute Gasteiger partial charge is 0.407 e. The third-order valence-electron chi connectivity index (χ3n) is 6.32. The van der Waals surface area contributed by atoms with E-state index in [0.717, 1.165) is 49.3 Å². The fourth-order valence-corrected chi connectivity index (χ4v) is 6.14. The van der Waals surface area contributed by atoms with Gasteiger partial charge in [-0.15, -0.1) is 0 Å². The summed E-state index contributed by atoms with van der Waals surface area (Å²) in [6.45, 7) is 10.2. The van der Waals surface area contributed by atoms with Crippen molar-refractivity contribution >= 4 is 27.3 Å². The highest BCUT2D eigenvalue weighted by atomic mass is 32.2. The van der Waals surface area contributed by atoms with Gasteiger partial charge in [-0.25, -0.2) is 18.5 Å². The molecular weight excluding hydrogens is 450 g/mol. The molecule has 0 bridgehead atoms. The Morgan fingerprint density at radius 3 is 2.44 bits per heavy atom. The molecule has 2 saturated carbocycles. The number of nitrogens with zero attached hydrogens (tertiary/aromatic N) is 2. The van der Waals surface area contributed by atoms with E-state index in [1.807, 2.05) is 30.7 Å². The molecule has 0 aliphatic heterocycles. The van der Waals surface area contributed by atoms with Crippen molar-refractivity contribution in [1.82, 2.24) is 15.1 Å². The molecule has 2 aliphatic carbocycles. The van der Waals surface area contributed by atoms with E-state index in [1.165, 1.54) is 0 Å². The van der Waals surface area contributed by atoms with Crippen molar-refractivity contribution < 1.29 is 13.7 Å². The Morgan fingerprint density at radius 1 is 1.18 bits per heavy atom. The molecule has 0 radical (unpaired) electrons. The molecule has 0 spiro atoms. The van der Waals surface area contributed by atoms with Crippen LogP contribution in [0.15, 0.2) is 35.2 Å². The summed E-state index contributed by atoms with van der Waals surface area (Å²) < 4.78 is 28.5. The van der Waals surface area contributed by atoms with Gasteiger partial charge in [-0.05, 0) is 91.0 Å². The normalized spacial score (nSPS) is 22.4. The van der Waals surface area contributed by atoms with E-state index >= 15 is 0 Å². The van der Waals surface area contributed by atoms with Crippen LogP contribution in [0.5, 0.6) is 0 Å². The van der Waals surface area contributed by atoms with Crippen molar-refractivity contribution in [3.63, 3.8) is 0 Å². The van der Waals surface area contributed by atoms with E-state index in [4.69, 9.17) is 14.6 Å². The van der Waals surface area contributed by atoms with Crippen LogP contribution in [0.25, 0.3) is 0 Å². The third kappa shape index (κ3) is 5.56. The Hall–Kier alpha value is -2.55. The van der Waals surface area contributed by atoms with Gasteiger partial charge in [-0.1, -0.05) is 0 Å². The van der Waals surface area contributed by atoms with Gasteiger partial charge in [0, 0.05) is 33.9 Å². The number of nitrogens with one attached hydrogen (secondary N) is 3. The van der Waals surface area contributed by atoms with Crippen LogP contribution < -0.4 is 10.6 Å². The number of hydrogen-bond acceptors (Lipinski definition) is 6. The second kappa shape index (κ2) is 9.24. The number of amides is 1. The van der Waals surface area contributed by atoms with Gasteiger partial charge in [-0.2, -0.15) is 5.10 Å². The molecular formula is C25H37N5O3S. The molecule has 8 nitrogen and oxygen atoms in total. The van der Waals surface area contributed by atoms with Crippen LogP contribution >= 0.6 is 0 Å². The lowest BCUT2D eigenvalue weighted by molar-refractivity contribution is 0.0981. The summed E-state index contributed by atoms with van der Waals surface area (Å²) in [5.74, 6) is 1.11. The monoisotopic (exact) mass is 487 g/mol. The Balaban J connectivity index is 1.48. The summed E-state index contributed by atoms with van der Waals surface area (Å²) in [5.41, 5.74) is 1.63. The average molecular weight is 488 g/mol. The molecule has 1 amide bonds. The van der Waals surface area contributed by atoms with Gasteiger partial charge in [-0.3, -0.25) is 0 Å². The lowest BCUT2D eigenvalue weighted by Gasteiger charge is -2.23. The van der Waals surface area contributed by atoms with Gasteiger partial charge in [0.15, 0.2) is 0 Å². The number of alkyl carbamates (subject to hydrolysis) is 1. The highest BCUT2D eigenvalue weighted by Crippen LogP contribution is 2.38. The number of benzene rings is 1. The van der Waals surface area contributed by atoms with Crippen LogP contribution in [-0.2, 0) is 20.0 Å². The largest absolute Gasteiger partial charge is 0.446 e. The number of carbonyl (C=O) groups excluding carboxylic acids is 1. The molecule has 1 heterocycles. The first-order chi connectivity index (χ1) is 15.9. The number of aromatic nitrogens is 2. The van der Waals surface area contributed by atoms with Gasteiger partial charge in [0.25, 0.3) is 0 Å². The lowest BCUT2D eigenvalue weighted by Crippen LogP contribution is -2.33. The Kier molecular flexibility index (Phi) is 6.68. The molecule has 1 aromatic heterocycles. The topological polar surface area (TPSA) is 109 Å². The van der Waals surface area contributed by atoms with Crippen LogP contribution in [0, 0.1) is 4.78 Å². The zero-order chi connectivity index (χ0) is 24.7. The summed E-state index contributed by atoms with van der Waals surface area (Å²) in [7, 11) is -2.70. The van der Waals surface area contributed by atoms with E-state index in [2.05, 4.69) is 37.5 Å². The van der Waals surface area contributed by atoms with E-state index in [0.29, 0.717) is 4.90 Å². The molecule has 186 valence electrons. The van der Waals surface area contributed by atoms with Crippen LogP contribution in [0.3, 0.4) is 0 Å². The summed E-state index contributed by atoms with van der Waals surface area (Å²) >= 11 is 0. The van der Waals surface area contributed by atoms with Crippen molar-refractivity contribution in [2.75, 3.05) is 5.32 Å². The molecule has 1 aromatic carbocycles. The maximum Gasteiger partial charge on any atom is 0.407 e. The summed E-state index contributed by atoms with van der Waals surface area (Å²) in [4.78, 5) is 12.6. The number of ether oxygens (including phenoxy) is 1. The number of carbonyl (C=O) groups is 1. The second-order valence-electron chi connectivity index (χ2n) is 10.8. The van der Waals surface area contributed by atoms with Gasteiger partial charge in [0.05, 0.1) is 21.0 Å². The predicted molar refractivity (Wildman–Crippen MR) is 134 cm³/mol. The first kappa shape index (κ1) is 24.6. The molecule has 0 saturated heterocycles. The molecule has 2 aromatic rings. The van der Waals surface area contributed by atoms with Gasteiger partial charge < -0.3 is 15.4 Å². The average Bonchev–Trinajstić information content (AvgIpc) is 3.37. The predicted octanol–water partition coefficient (Wildman–Crippen LogP) is 5.72. The molecule has 34 heavy (non-hydrogen) atoms. The number of rotatable bonds is 7. The van der Waals surface area contributed by atoms with Crippen LogP contribution in [-0.4, -0.2) is 37.5 Å². The molecule has 9 heteroatoms. The fraction of sp³-hybridized carbons (Fsp3) is 0.600. The van der Waals surface area contributed by atoms with E-state index in [-0.39, 0.29) is 34.9 Å². The zero-order valence-corrected chi connectivity index (χ0v) is 21.6. The van der Waals surface area contributed by atoms with E-state index in [9.17, 15) is 9.00 Å². The van der Waals surface area contributed by atoms with Crippen LogP contribution in [0.4, 0.5) is 16.3 Å². The Bertz CT molecular complexity index is 1130. The molecule has 2 fully saturated rings. The molecule has 3 atom stereocenters. The SMILES string of the molecule is CC(C)NC(=O)O[C@@H]1CC[C@H](c2cc(Nc3ccc(S(=N)(=O)C4CC4)cc3)n(C(C)(C)C)n2)C1. The summed E-state index contributed by atoms with van der Waals surface area (Å²) in [6, 6.07) is 9.51. The minimum atomic E-state index is -2.70. The minimum Gasteiger partial charge on any atom is -0.446 e. The summed E-state index contributed by atoms with van der Waals surface area (Å²) in [5, 5.41) is 11.2. The molecule has 3 N–H and O–H groups in total. The quantitative estimate of drug-likeness (QED) is 0.463. The van der Waals surface area contributed by atoms with Crippen molar-refractivity contribution in [3.8, 4) is 0 Å². The highest BCUT2D eigenvalue weighted by Gasteiger charge is 2.34. The van der Waals surface area contributed by atoms with Gasteiger partial charge >= 0.3 is 6.09 Å². The van der Waals surface area contributed by atoms with Crippen molar-refractivity contribution in [1.29, 1.82) is 4.78 Å². The number of hydrogen-bond donors (Lipinski definition) is 3. The fourth-order valence-electron chi connectivity index (χ4n) is 4.42. The third-order valence-corrected chi connectivity index (χ3v) is 8.70. The van der Waals surface area contributed by atoms with Crippen LogP contribution in [0.2, 0.25) is 0 Å². The lowest BCUT2D eigenvalue weighted by atomic mass is 10.0. The zero-order valence-electron chi connectivity index (χ0n) is 20.8. The first-order valence-electron chi connectivity index (χ1n) is 12.2. The Labute approximate surface area is 202 Å². The van der Waals surface area contributed by atoms with E-state index in [1.54, 1.807) is 12.1 Å². The molecule has 4 rings (SSSR count). The standard InChI is InChI=1S/C25H37N5O3S/c1-16(2)27-24(31)33-19-9-6-17(14-19)22-15-23(30(29-22)25(3,4)5)28-18-7-10-20(11-8-18)34(26,32)21-12-13-21/h7-8,10-11,15-17,19,21,26,28H,6,9,12-14H2,1-5H3,(H,27,31)/t17-,19+,34?/m0/s1. The minimum absolute atomic E-state index is 0.00635. The van der Waals surface area contributed by atoms with Gasteiger partial charge in [0.1, 0.15) is 11.9 Å². The molecule has 1 unspecified atom stereocenters. The van der Waals surface area contributed by atoms with Crippen molar-refractivity contribution in [3.05, 3.63) is 36.0 Å². The van der Waals surface area contributed by atoms with Gasteiger partial charge in [0.2, 0.25) is 0 Å². The maximum atomic E-state index is 12.7. The molecule has 2 aliphatic rings. The first-order valence-corrected chi connectivity index (χ1v) is 13.8. The maximum absolute atomic E-state index is 12.7.